The molecule has 0 heterocycles. The highest BCUT2D eigenvalue weighted by Gasteiger charge is 2.14. The SMILES string of the molecule is CCOc1ccc(NC(SCc2ccc(C)cc2C)=C(C#N)C(N)=O)cc1. The Balaban J connectivity index is 2.24. The average Bonchev–Trinajstić information content (AvgIpc) is 2.62. The quantitative estimate of drug-likeness (QED) is 0.527. The molecule has 2 aromatic rings. The molecule has 140 valence electrons. The number of aryl methyl sites for hydroxylation is 2. The summed E-state index contributed by atoms with van der Waals surface area (Å²) in [5, 5.41) is 12.9. The van der Waals surface area contributed by atoms with Gasteiger partial charge in [0.25, 0.3) is 5.91 Å². The van der Waals surface area contributed by atoms with Crippen LogP contribution in [0, 0.1) is 25.2 Å². The van der Waals surface area contributed by atoms with Crippen molar-refractivity contribution in [3.05, 3.63) is 69.8 Å². The van der Waals surface area contributed by atoms with Crippen LogP contribution in [0.5, 0.6) is 5.75 Å². The van der Waals surface area contributed by atoms with E-state index in [2.05, 4.69) is 17.4 Å². The third kappa shape index (κ3) is 5.80. The van der Waals surface area contributed by atoms with E-state index in [-0.39, 0.29) is 5.57 Å². The fourth-order valence-electron chi connectivity index (χ4n) is 2.48. The maximum Gasteiger partial charge on any atom is 0.262 e. The molecular weight excluding hydrogens is 358 g/mol. The van der Waals surface area contributed by atoms with Crippen LogP contribution in [-0.4, -0.2) is 12.5 Å². The maximum absolute atomic E-state index is 11.7. The van der Waals surface area contributed by atoms with Gasteiger partial charge in [0, 0.05) is 11.4 Å². The standard InChI is InChI=1S/C21H23N3O2S/c1-4-26-18-9-7-17(8-10-18)24-21(19(12-22)20(23)25)27-13-16-6-5-14(2)11-15(16)3/h5-11,24H,4,13H2,1-3H3,(H2,23,25). The van der Waals surface area contributed by atoms with Gasteiger partial charge >= 0.3 is 0 Å². The summed E-state index contributed by atoms with van der Waals surface area (Å²) in [4.78, 5) is 11.7. The van der Waals surface area contributed by atoms with E-state index >= 15 is 0 Å². The lowest BCUT2D eigenvalue weighted by molar-refractivity contribution is -0.114. The molecular formula is C21H23N3O2S. The predicted molar refractivity (Wildman–Crippen MR) is 110 cm³/mol. The minimum absolute atomic E-state index is 0.0846. The second kappa shape index (κ2) is 9.70. The Hall–Kier alpha value is -2.91. The fourth-order valence-corrected chi connectivity index (χ4v) is 3.58. The number of nitrogens with one attached hydrogen (secondary N) is 1. The van der Waals surface area contributed by atoms with Crippen molar-refractivity contribution in [2.45, 2.75) is 26.5 Å². The first-order valence-corrected chi connectivity index (χ1v) is 9.56. The number of nitrogens with zero attached hydrogens (tertiary/aromatic N) is 1. The van der Waals surface area contributed by atoms with Crippen molar-refractivity contribution < 1.29 is 9.53 Å². The van der Waals surface area contributed by atoms with Crippen LogP contribution in [0.1, 0.15) is 23.6 Å². The molecule has 0 aromatic heterocycles. The second-order valence-corrected chi connectivity index (χ2v) is 6.97. The molecule has 5 nitrogen and oxygen atoms in total. The van der Waals surface area contributed by atoms with Gasteiger partial charge in [-0.2, -0.15) is 5.26 Å². The Labute approximate surface area is 164 Å². The molecule has 0 bridgehead atoms. The number of primary amides is 1. The summed E-state index contributed by atoms with van der Waals surface area (Å²) >= 11 is 1.38. The number of hydrogen-bond donors (Lipinski definition) is 2. The third-order valence-corrected chi connectivity index (χ3v) is 4.93. The highest BCUT2D eigenvalue weighted by molar-refractivity contribution is 8.02. The summed E-state index contributed by atoms with van der Waals surface area (Å²) in [6.45, 7) is 6.60. The Morgan fingerprint density at radius 3 is 2.48 bits per heavy atom. The first-order chi connectivity index (χ1) is 12.9. The van der Waals surface area contributed by atoms with Gasteiger partial charge in [0.05, 0.1) is 11.6 Å². The number of rotatable bonds is 8. The van der Waals surface area contributed by atoms with E-state index in [0.29, 0.717) is 17.4 Å². The Morgan fingerprint density at radius 2 is 1.93 bits per heavy atom. The van der Waals surface area contributed by atoms with Gasteiger partial charge in [0.2, 0.25) is 0 Å². The summed E-state index contributed by atoms with van der Waals surface area (Å²) in [7, 11) is 0. The zero-order valence-electron chi connectivity index (χ0n) is 15.7. The van der Waals surface area contributed by atoms with Gasteiger partial charge in [-0.3, -0.25) is 4.79 Å². The van der Waals surface area contributed by atoms with Crippen LogP contribution in [0.3, 0.4) is 0 Å². The molecule has 3 N–H and O–H groups in total. The number of hydrogen-bond acceptors (Lipinski definition) is 5. The van der Waals surface area contributed by atoms with Crippen molar-refractivity contribution in [3.63, 3.8) is 0 Å². The number of ether oxygens (including phenoxy) is 1. The smallest absolute Gasteiger partial charge is 0.262 e. The third-order valence-electron chi connectivity index (χ3n) is 3.88. The molecule has 0 atom stereocenters. The van der Waals surface area contributed by atoms with Crippen LogP contribution in [0.15, 0.2) is 53.1 Å². The summed E-state index contributed by atoms with van der Waals surface area (Å²) in [5.74, 6) is 0.621. The topological polar surface area (TPSA) is 88.1 Å². The molecule has 0 aliphatic carbocycles. The number of benzene rings is 2. The van der Waals surface area contributed by atoms with Gasteiger partial charge in [0.15, 0.2) is 0 Å². The van der Waals surface area contributed by atoms with Crippen molar-refractivity contribution in [1.29, 1.82) is 5.26 Å². The van der Waals surface area contributed by atoms with E-state index in [1.165, 1.54) is 22.9 Å². The second-order valence-electron chi connectivity index (χ2n) is 5.98. The molecule has 0 aliphatic rings. The number of carbonyl (C=O) groups excluding carboxylic acids is 1. The van der Waals surface area contributed by atoms with E-state index in [1.54, 1.807) is 0 Å². The highest BCUT2D eigenvalue weighted by atomic mass is 32.2. The molecule has 0 saturated carbocycles. The number of anilines is 1. The van der Waals surface area contributed by atoms with E-state index in [9.17, 15) is 10.1 Å². The molecule has 2 rings (SSSR count). The molecule has 6 heteroatoms. The highest BCUT2D eigenvalue weighted by Crippen LogP contribution is 2.28. The zero-order valence-corrected chi connectivity index (χ0v) is 16.5. The molecule has 1 amide bonds. The average molecular weight is 382 g/mol. The van der Waals surface area contributed by atoms with Gasteiger partial charge in [-0.05, 0) is 56.2 Å². The summed E-state index contributed by atoms with van der Waals surface area (Å²) in [6, 6.07) is 15.4. The molecule has 0 saturated heterocycles. The Kier molecular flexibility index (Phi) is 7.33. The van der Waals surface area contributed by atoms with Crippen LogP contribution >= 0.6 is 11.8 Å². The number of carbonyl (C=O) groups is 1. The first-order valence-electron chi connectivity index (χ1n) is 8.57. The lowest BCUT2D eigenvalue weighted by Crippen LogP contribution is -2.16. The zero-order chi connectivity index (χ0) is 19.8. The molecule has 2 aromatic carbocycles. The van der Waals surface area contributed by atoms with Crippen molar-refractivity contribution >= 4 is 23.4 Å². The van der Waals surface area contributed by atoms with E-state index < -0.39 is 5.91 Å². The van der Waals surface area contributed by atoms with Crippen LogP contribution in [0.25, 0.3) is 0 Å². The summed E-state index contributed by atoms with van der Waals surface area (Å²) < 4.78 is 5.43. The first kappa shape index (κ1) is 20.4. The van der Waals surface area contributed by atoms with Crippen molar-refractivity contribution in [2.75, 3.05) is 11.9 Å². The normalized spacial score (nSPS) is 11.3. The van der Waals surface area contributed by atoms with E-state index in [1.807, 2.05) is 57.2 Å². The monoisotopic (exact) mass is 381 g/mol. The lowest BCUT2D eigenvalue weighted by Gasteiger charge is -2.14. The Morgan fingerprint density at radius 1 is 1.22 bits per heavy atom. The number of nitrogens with two attached hydrogens (primary N) is 1. The molecule has 0 unspecified atom stereocenters. The minimum atomic E-state index is -0.751. The van der Waals surface area contributed by atoms with Gasteiger partial charge in [-0.15, -0.1) is 11.8 Å². The van der Waals surface area contributed by atoms with Crippen LogP contribution in [-0.2, 0) is 10.5 Å². The molecule has 0 fully saturated rings. The fraction of sp³-hybridized carbons (Fsp3) is 0.238. The van der Waals surface area contributed by atoms with Crippen molar-refractivity contribution in [2.24, 2.45) is 5.73 Å². The largest absolute Gasteiger partial charge is 0.494 e. The van der Waals surface area contributed by atoms with Crippen molar-refractivity contribution in [1.82, 2.24) is 0 Å². The van der Waals surface area contributed by atoms with E-state index in [4.69, 9.17) is 10.5 Å². The molecule has 0 radical (unpaired) electrons. The van der Waals surface area contributed by atoms with Gasteiger partial charge in [-0.25, -0.2) is 0 Å². The maximum atomic E-state index is 11.7. The number of thioether (sulfide) groups is 1. The minimum Gasteiger partial charge on any atom is -0.494 e. The number of nitriles is 1. The Bertz CT molecular complexity index is 883. The van der Waals surface area contributed by atoms with Gasteiger partial charge < -0.3 is 15.8 Å². The number of amides is 1. The van der Waals surface area contributed by atoms with Crippen LogP contribution < -0.4 is 15.8 Å². The lowest BCUT2D eigenvalue weighted by atomic mass is 10.1. The summed E-state index contributed by atoms with van der Waals surface area (Å²) in [5.41, 5.74) is 9.55. The van der Waals surface area contributed by atoms with Gasteiger partial charge in [-0.1, -0.05) is 23.8 Å². The van der Waals surface area contributed by atoms with E-state index in [0.717, 1.165) is 17.0 Å². The molecule has 0 aliphatic heterocycles. The van der Waals surface area contributed by atoms with Crippen molar-refractivity contribution in [3.8, 4) is 11.8 Å². The molecule has 27 heavy (non-hydrogen) atoms. The van der Waals surface area contributed by atoms with Crippen LogP contribution in [0.4, 0.5) is 5.69 Å². The van der Waals surface area contributed by atoms with Crippen LogP contribution in [0.2, 0.25) is 0 Å². The van der Waals surface area contributed by atoms with Gasteiger partial charge in [0.1, 0.15) is 17.4 Å². The molecule has 0 spiro atoms. The predicted octanol–water partition coefficient (Wildman–Crippen LogP) is 4.27. The summed E-state index contributed by atoms with van der Waals surface area (Å²) in [6.07, 6.45) is 0.